The minimum absolute atomic E-state index is 0.108. The van der Waals surface area contributed by atoms with E-state index in [1.807, 2.05) is 43.3 Å². The van der Waals surface area contributed by atoms with Crippen molar-refractivity contribution in [2.75, 3.05) is 5.32 Å². The van der Waals surface area contributed by atoms with Gasteiger partial charge >= 0.3 is 5.63 Å². The Morgan fingerprint density at radius 3 is 2.26 bits per heavy atom. The summed E-state index contributed by atoms with van der Waals surface area (Å²) in [5.74, 6) is 0. The number of aryl methyl sites for hydroxylation is 1. The smallest absolute Gasteiger partial charge is 0.360 e. The molecule has 0 aliphatic rings. The molecule has 0 bridgehead atoms. The first-order valence-electron chi connectivity index (χ1n) is 7.76. The van der Waals surface area contributed by atoms with Crippen LogP contribution in [-0.4, -0.2) is 0 Å². The molecule has 3 aromatic rings. The number of hydrogen-bond acceptors (Lipinski definition) is 3. The van der Waals surface area contributed by atoms with Crippen molar-refractivity contribution < 1.29 is 4.42 Å². The summed E-state index contributed by atoms with van der Waals surface area (Å²) in [6.07, 6.45) is 0. The zero-order valence-corrected chi connectivity index (χ0v) is 13.9. The first kappa shape index (κ1) is 15.3. The summed E-state index contributed by atoms with van der Waals surface area (Å²) >= 11 is 0. The van der Waals surface area contributed by atoms with Gasteiger partial charge in [0.2, 0.25) is 0 Å². The Balaban J connectivity index is 2.00. The summed E-state index contributed by atoms with van der Waals surface area (Å²) in [5, 5.41) is 4.15. The van der Waals surface area contributed by atoms with Crippen LogP contribution in [0.4, 0.5) is 11.4 Å². The van der Waals surface area contributed by atoms with E-state index in [0.29, 0.717) is 11.3 Å². The van der Waals surface area contributed by atoms with Crippen molar-refractivity contribution >= 4 is 22.3 Å². The van der Waals surface area contributed by atoms with Gasteiger partial charge in [-0.05, 0) is 41.7 Å². The van der Waals surface area contributed by atoms with Gasteiger partial charge in [-0.1, -0.05) is 51.1 Å². The summed E-state index contributed by atoms with van der Waals surface area (Å²) in [5.41, 5.74) is 3.90. The number of fused-ring (bicyclic) bond motifs is 1. The number of benzene rings is 2. The zero-order valence-electron chi connectivity index (χ0n) is 13.9. The van der Waals surface area contributed by atoms with E-state index < -0.39 is 0 Å². The third-order valence-electron chi connectivity index (χ3n) is 4.09. The maximum absolute atomic E-state index is 12.3. The standard InChI is InChI=1S/C20H21NO2/c1-13-16-7-5-6-8-17(16)23-19(22)18(13)21-15-11-9-14(10-12-15)20(2,3)4/h5-12,21H,1-4H3. The number of anilines is 2. The lowest BCUT2D eigenvalue weighted by Gasteiger charge is -2.19. The van der Waals surface area contributed by atoms with Crippen LogP contribution in [-0.2, 0) is 5.41 Å². The molecule has 23 heavy (non-hydrogen) atoms. The van der Waals surface area contributed by atoms with E-state index in [9.17, 15) is 4.79 Å². The highest BCUT2D eigenvalue weighted by Crippen LogP contribution is 2.27. The van der Waals surface area contributed by atoms with Crippen molar-refractivity contribution in [2.45, 2.75) is 33.1 Å². The third-order valence-corrected chi connectivity index (χ3v) is 4.09. The van der Waals surface area contributed by atoms with Crippen LogP contribution in [0.15, 0.2) is 57.7 Å². The Morgan fingerprint density at radius 1 is 0.957 bits per heavy atom. The molecule has 0 atom stereocenters. The molecule has 0 fully saturated rings. The minimum Gasteiger partial charge on any atom is -0.421 e. The van der Waals surface area contributed by atoms with Crippen LogP contribution in [0.5, 0.6) is 0 Å². The molecule has 3 nitrogen and oxygen atoms in total. The molecule has 0 unspecified atom stereocenters. The summed E-state index contributed by atoms with van der Waals surface area (Å²) in [6.45, 7) is 8.47. The van der Waals surface area contributed by atoms with Crippen LogP contribution in [0, 0.1) is 6.92 Å². The molecule has 3 heteroatoms. The quantitative estimate of drug-likeness (QED) is 0.666. The van der Waals surface area contributed by atoms with Crippen molar-refractivity contribution in [1.82, 2.24) is 0 Å². The molecule has 3 rings (SSSR count). The topological polar surface area (TPSA) is 42.2 Å². The predicted octanol–water partition coefficient (Wildman–Crippen LogP) is 5.14. The van der Waals surface area contributed by atoms with Crippen molar-refractivity contribution in [3.8, 4) is 0 Å². The van der Waals surface area contributed by atoms with Crippen LogP contribution in [0.25, 0.3) is 11.0 Å². The normalized spacial score (nSPS) is 11.7. The highest BCUT2D eigenvalue weighted by atomic mass is 16.4. The maximum atomic E-state index is 12.3. The highest BCUT2D eigenvalue weighted by molar-refractivity contribution is 5.85. The van der Waals surface area contributed by atoms with Crippen LogP contribution < -0.4 is 10.9 Å². The second kappa shape index (κ2) is 5.58. The van der Waals surface area contributed by atoms with Crippen molar-refractivity contribution in [2.24, 2.45) is 0 Å². The molecular formula is C20H21NO2. The molecule has 1 aromatic heterocycles. The van der Waals surface area contributed by atoms with Crippen molar-refractivity contribution in [3.63, 3.8) is 0 Å². The Labute approximate surface area is 136 Å². The Hall–Kier alpha value is -2.55. The summed E-state index contributed by atoms with van der Waals surface area (Å²) in [7, 11) is 0. The fraction of sp³-hybridized carbons (Fsp3) is 0.250. The van der Waals surface area contributed by atoms with Gasteiger partial charge in [0, 0.05) is 11.1 Å². The molecule has 0 saturated carbocycles. The molecule has 0 aliphatic carbocycles. The lowest BCUT2D eigenvalue weighted by atomic mass is 9.87. The zero-order chi connectivity index (χ0) is 16.6. The Kier molecular flexibility index (Phi) is 3.72. The first-order chi connectivity index (χ1) is 10.9. The van der Waals surface area contributed by atoms with Gasteiger partial charge in [-0.25, -0.2) is 4.79 Å². The molecule has 0 aliphatic heterocycles. The summed E-state index contributed by atoms with van der Waals surface area (Å²) in [6, 6.07) is 15.7. The number of nitrogens with one attached hydrogen (secondary N) is 1. The molecule has 0 amide bonds. The van der Waals surface area contributed by atoms with E-state index >= 15 is 0 Å². The molecule has 118 valence electrons. The highest BCUT2D eigenvalue weighted by Gasteiger charge is 2.14. The van der Waals surface area contributed by atoms with Crippen LogP contribution in [0.3, 0.4) is 0 Å². The summed E-state index contributed by atoms with van der Waals surface area (Å²) < 4.78 is 5.41. The van der Waals surface area contributed by atoms with E-state index in [1.165, 1.54) is 5.56 Å². The van der Waals surface area contributed by atoms with Gasteiger partial charge in [-0.15, -0.1) is 0 Å². The molecular weight excluding hydrogens is 286 g/mol. The largest absolute Gasteiger partial charge is 0.421 e. The fourth-order valence-electron chi connectivity index (χ4n) is 2.65. The number of para-hydroxylation sites is 1. The average molecular weight is 307 g/mol. The molecule has 2 aromatic carbocycles. The number of hydrogen-bond donors (Lipinski definition) is 1. The van der Waals surface area contributed by atoms with Crippen LogP contribution >= 0.6 is 0 Å². The lowest BCUT2D eigenvalue weighted by molar-refractivity contribution is 0.563. The monoisotopic (exact) mass is 307 g/mol. The molecule has 0 spiro atoms. The van der Waals surface area contributed by atoms with Gasteiger partial charge in [0.05, 0.1) is 0 Å². The van der Waals surface area contributed by atoms with E-state index in [0.717, 1.165) is 16.6 Å². The fourth-order valence-corrected chi connectivity index (χ4v) is 2.65. The number of rotatable bonds is 2. The van der Waals surface area contributed by atoms with Crippen LogP contribution in [0.1, 0.15) is 31.9 Å². The van der Waals surface area contributed by atoms with Gasteiger partial charge in [-0.3, -0.25) is 0 Å². The predicted molar refractivity (Wildman–Crippen MR) is 95.6 cm³/mol. The molecule has 0 radical (unpaired) electrons. The lowest BCUT2D eigenvalue weighted by Crippen LogP contribution is -2.11. The molecule has 1 N–H and O–H groups in total. The average Bonchev–Trinajstić information content (AvgIpc) is 2.51. The van der Waals surface area contributed by atoms with Gasteiger partial charge in [-0.2, -0.15) is 0 Å². The second-order valence-electron chi connectivity index (χ2n) is 6.84. The Bertz CT molecular complexity index is 900. The molecule has 0 saturated heterocycles. The minimum atomic E-state index is -0.346. The third kappa shape index (κ3) is 3.00. The Morgan fingerprint density at radius 2 is 1.61 bits per heavy atom. The van der Waals surface area contributed by atoms with Gasteiger partial charge in [0.15, 0.2) is 0 Å². The van der Waals surface area contributed by atoms with E-state index in [4.69, 9.17) is 4.42 Å². The molecule has 1 heterocycles. The van der Waals surface area contributed by atoms with Gasteiger partial charge < -0.3 is 9.73 Å². The second-order valence-corrected chi connectivity index (χ2v) is 6.84. The van der Waals surface area contributed by atoms with Crippen molar-refractivity contribution in [3.05, 3.63) is 70.1 Å². The summed E-state index contributed by atoms with van der Waals surface area (Å²) in [4.78, 5) is 12.3. The maximum Gasteiger partial charge on any atom is 0.360 e. The van der Waals surface area contributed by atoms with E-state index in [1.54, 1.807) is 0 Å². The van der Waals surface area contributed by atoms with E-state index in [-0.39, 0.29) is 11.0 Å². The van der Waals surface area contributed by atoms with Gasteiger partial charge in [0.25, 0.3) is 0 Å². The van der Waals surface area contributed by atoms with Crippen LogP contribution in [0.2, 0.25) is 0 Å². The SMILES string of the molecule is Cc1c(Nc2ccc(C(C)(C)C)cc2)c(=O)oc2ccccc12. The van der Waals surface area contributed by atoms with Gasteiger partial charge in [0.1, 0.15) is 11.3 Å². The van der Waals surface area contributed by atoms with Crippen molar-refractivity contribution in [1.29, 1.82) is 0 Å². The van der Waals surface area contributed by atoms with E-state index in [2.05, 4.69) is 38.2 Å². The first-order valence-corrected chi connectivity index (χ1v) is 7.76.